The monoisotopic (exact) mass is 266 g/mol. The van der Waals surface area contributed by atoms with Crippen molar-refractivity contribution in [2.24, 2.45) is 11.7 Å². The normalized spacial score (nSPS) is 43.6. The molecule has 2 aliphatic heterocycles. The number of hydrogen-bond acceptors (Lipinski definition) is 3. The number of nitrogens with zero attached hydrogens (tertiary/aromatic N) is 1. The summed E-state index contributed by atoms with van der Waals surface area (Å²) in [5.41, 5.74) is 6.52. The highest BCUT2D eigenvalue weighted by atomic mass is 16.5. The molecule has 3 rings (SSSR count). The van der Waals surface area contributed by atoms with E-state index in [0.717, 1.165) is 25.6 Å². The molecule has 1 saturated carbocycles. The molecule has 2 unspecified atom stereocenters. The first kappa shape index (κ1) is 13.8. The summed E-state index contributed by atoms with van der Waals surface area (Å²) in [6.45, 7) is 5.41. The van der Waals surface area contributed by atoms with Gasteiger partial charge in [-0.25, -0.2) is 0 Å². The fourth-order valence-electron chi connectivity index (χ4n) is 4.56. The molecule has 1 aliphatic carbocycles. The third-order valence-electron chi connectivity index (χ3n) is 5.83. The summed E-state index contributed by atoms with van der Waals surface area (Å²) in [5.74, 6) is 0.961. The second kappa shape index (κ2) is 5.71. The van der Waals surface area contributed by atoms with Crippen molar-refractivity contribution in [3.8, 4) is 0 Å². The Balaban J connectivity index is 1.64. The maximum absolute atomic E-state index is 6.22. The van der Waals surface area contributed by atoms with Crippen LogP contribution in [0.1, 0.15) is 58.3 Å². The van der Waals surface area contributed by atoms with Gasteiger partial charge < -0.3 is 10.5 Å². The minimum absolute atomic E-state index is 0.300. The lowest BCUT2D eigenvalue weighted by Crippen LogP contribution is -2.60. The Kier molecular flexibility index (Phi) is 4.16. The molecule has 2 saturated heterocycles. The molecule has 0 amide bonds. The summed E-state index contributed by atoms with van der Waals surface area (Å²) in [6, 6.07) is 0. The van der Waals surface area contributed by atoms with Crippen LogP contribution in [0.25, 0.3) is 0 Å². The molecule has 2 atom stereocenters. The van der Waals surface area contributed by atoms with Crippen molar-refractivity contribution >= 4 is 0 Å². The third-order valence-corrected chi connectivity index (χ3v) is 5.83. The molecular formula is C16H30N2O. The van der Waals surface area contributed by atoms with Gasteiger partial charge >= 0.3 is 0 Å². The van der Waals surface area contributed by atoms with Crippen molar-refractivity contribution in [2.45, 2.75) is 76.0 Å². The number of hydrogen-bond donors (Lipinski definition) is 1. The summed E-state index contributed by atoms with van der Waals surface area (Å²) in [7, 11) is 0. The van der Waals surface area contributed by atoms with Crippen molar-refractivity contribution in [1.82, 2.24) is 4.90 Å². The Bertz CT molecular complexity index is 287. The van der Waals surface area contributed by atoms with E-state index < -0.39 is 0 Å². The molecule has 0 spiro atoms. The number of rotatable bonds is 4. The van der Waals surface area contributed by atoms with Gasteiger partial charge in [-0.3, -0.25) is 4.90 Å². The second-order valence-corrected chi connectivity index (χ2v) is 7.02. The minimum atomic E-state index is 0.300. The van der Waals surface area contributed by atoms with E-state index in [1.54, 1.807) is 0 Å². The molecule has 2 bridgehead atoms. The molecule has 2 heterocycles. The van der Waals surface area contributed by atoms with Gasteiger partial charge in [-0.1, -0.05) is 19.8 Å². The van der Waals surface area contributed by atoms with Crippen molar-refractivity contribution in [3.05, 3.63) is 0 Å². The summed E-state index contributed by atoms with van der Waals surface area (Å²) in [5, 5.41) is 0. The predicted octanol–water partition coefficient (Wildman–Crippen LogP) is 2.54. The van der Waals surface area contributed by atoms with Gasteiger partial charge in [0.2, 0.25) is 0 Å². The molecule has 19 heavy (non-hydrogen) atoms. The number of morpholine rings is 1. The van der Waals surface area contributed by atoms with Gasteiger partial charge in [0.1, 0.15) is 0 Å². The van der Waals surface area contributed by atoms with Crippen LogP contribution in [0.2, 0.25) is 0 Å². The molecule has 3 aliphatic rings. The van der Waals surface area contributed by atoms with Crippen molar-refractivity contribution in [2.75, 3.05) is 19.6 Å². The average Bonchev–Trinajstić information content (AvgIpc) is 2.79. The first-order valence-electron chi connectivity index (χ1n) is 8.36. The quantitative estimate of drug-likeness (QED) is 0.850. The van der Waals surface area contributed by atoms with Crippen molar-refractivity contribution in [3.63, 3.8) is 0 Å². The molecule has 110 valence electrons. The van der Waals surface area contributed by atoms with Gasteiger partial charge in [0.15, 0.2) is 0 Å². The smallest absolute Gasteiger partial charge is 0.0707 e. The summed E-state index contributed by atoms with van der Waals surface area (Å²) < 4.78 is 5.99. The summed E-state index contributed by atoms with van der Waals surface area (Å²) >= 11 is 0. The van der Waals surface area contributed by atoms with Gasteiger partial charge in [-0.05, 0) is 44.4 Å². The number of likely N-dealkylation sites (tertiary alicyclic amines) is 1. The van der Waals surface area contributed by atoms with Crippen LogP contribution in [0.4, 0.5) is 0 Å². The fourth-order valence-corrected chi connectivity index (χ4v) is 4.56. The topological polar surface area (TPSA) is 38.5 Å². The molecule has 0 aromatic heterocycles. The molecule has 0 radical (unpaired) electrons. The molecule has 0 aromatic rings. The highest BCUT2D eigenvalue weighted by Crippen LogP contribution is 2.40. The number of ether oxygens (including phenoxy) is 1. The van der Waals surface area contributed by atoms with Crippen LogP contribution in [0.3, 0.4) is 0 Å². The lowest BCUT2D eigenvalue weighted by Gasteiger charge is -2.50. The van der Waals surface area contributed by atoms with Crippen molar-refractivity contribution in [1.29, 1.82) is 0 Å². The van der Waals surface area contributed by atoms with Crippen LogP contribution < -0.4 is 5.73 Å². The molecule has 2 N–H and O–H groups in total. The number of nitrogens with two attached hydrogens (primary N) is 1. The van der Waals surface area contributed by atoms with Crippen LogP contribution in [-0.2, 0) is 4.74 Å². The zero-order chi connectivity index (χ0) is 13.3. The maximum atomic E-state index is 6.22. The van der Waals surface area contributed by atoms with Gasteiger partial charge in [-0.2, -0.15) is 0 Å². The summed E-state index contributed by atoms with van der Waals surface area (Å²) in [6.07, 6.45) is 11.7. The number of fused-ring (bicyclic) bond motifs is 2. The lowest BCUT2D eigenvalue weighted by molar-refractivity contribution is -0.0883. The van der Waals surface area contributed by atoms with E-state index in [4.69, 9.17) is 10.5 Å². The van der Waals surface area contributed by atoms with E-state index in [0.29, 0.717) is 17.7 Å². The van der Waals surface area contributed by atoms with E-state index in [1.807, 2.05) is 0 Å². The minimum Gasteiger partial charge on any atom is -0.372 e. The van der Waals surface area contributed by atoms with E-state index >= 15 is 0 Å². The van der Waals surface area contributed by atoms with E-state index in [-0.39, 0.29) is 0 Å². The third kappa shape index (κ3) is 2.70. The Morgan fingerprint density at radius 1 is 1.11 bits per heavy atom. The first-order chi connectivity index (χ1) is 9.25. The van der Waals surface area contributed by atoms with Crippen LogP contribution in [0.5, 0.6) is 0 Å². The molecule has 3 heteroatoms. The van der Waals surface area contributed by atoms with E-state index in [9.17, 15) is 0 Å². The molecule has 0 aromatic carbocycles. The Hall–Kier alpha value is -0.120. The molecule has 3 nitrogen and oxygen atoms in total. The van der Waals surface area contributed by atoms with E-state index in [2.05, 4.69) is 11.8 Å². The average molecular weight is 266 g/mol. The van der Waals surface area contributed by atoms with Gasteiger partial charge in [0.05, 0.1) is 12.2 Å². The fraction of sp³-hybridized carbons (Fsp3) is 1.00. The summed E-state index contributed by atoms with van der Waals surface area (Å²) in [4.78, 5) is 2.71. The van der Waals surface area contributed by atoms with Crippen LogP contribution in [-0.4, -0.2) is 42.3 Å². The van der Waals surface area contributed by atoms with Crippen molar-refractivity contribution < 1.29 is 4.74 Å². The highest BCUT2D eigenvalue weighted by molar-refractivity contribution is 5.00. The Labute approximate surface area is 117 Å². The van der Waals surface area contributed by atoms with Gasteiger partial charge in [-0.15, -0.1) is 0 Å². The largest absolute Gasteiger partial charge is 0.372 e. The predicted molar refractivity (Wildman–Crippen MR) is 78.1 cm³/mol. The standard InChI is InChI=1S/C16H30N2O/c1-2-3-13-6-8-16(12-17,9-7-13)18-10-14-4-5-15(11-18)19-14/h13-15H,2-12,17H2,1H3. The van der Waals surface area contributed by atoms with Crippen LogP contribution in [0.15, 0.2) is 0 Å². The zero-order valence-electron chi connectivity index (χ0n) is 12.4. The Morgan fingerprint density at radius 2 is 1.74 bits per heavy atom. The van der Waals surface area contributed by atoms with Crippen LogP contribution >= 0.6 is 0 Å². The highest BCUT2D eigenvalue weighted by Gasteiger charge is 2.44. The molecule has 3 fully saturated rings. The van der Waals surface area contributed by atoms with Crippen LogP contribution in [0, 0.1) is 5.92 Å². The van der Waals surface area contributed by atoms with Gasteiger partial charge in [0, 0.05) is 25.2 Å². The van der Waals surface area contributed by atoms with E-state index in [1.165, 1.54) is 51.4 Å². The zero-order valence-corrected chi connectivity index (χ0v) is 12.4. The maximum Gasteiger partial charge on any atom is 0.0707 e. The Morgan fingerprint density at radius 3 is 2.26 bits per heavy atom. The van der Waals surface area contributed by atoms with Gasteiger partial charge in [0.25, 0.3) is 0 Å². The SMILES string of the molecule is CCCC1CCC(CN)(N2CC3CCC(C2)O3)CC1. The second-order valence-electron chi connectivity index (χ2n) is 7.02. The molecular weight excluding hydrogens is 236 g/mol. The first-order valence-corrected chi connectivity index (χ1v) is 8.36. The lowest BCUT2D eigenvalue weighted by atomic mass is 9.74.